The molecule has 4 nitrogen and oxygen atoms in total. The SMILES string of the molecule is CCOC(=O)c1c(N=Cc2c(O)ccc3ccccc23)sc(C)c1C. The van der Waals surface area contributed by atoms with Gasteiger partial charge in [-0.1, -0.05) is 30.3 Å². The van der Waals surface area contributed by atoms with Crippen LogP contribution in [0.4, 0.5) is 5.00 Å². The third-order valence-corrected chi connectivity index (χ3v) is 5.22. The van der Waals surface area contributed by atoms with Crippen LogP contribution >= 0.6 is 11.3 Å². The quantitative estimate of drug-likeness (QED) is 0.521. The Kier molecular flexibility index (Phi) is 4.86. The highest BCUT2D eigenvalue weighted by Crippen LogP contribution is 2.36. The van der Waals surface area contributed by atoms with Gasteiger partial charge in [0.2, 0.25) is 0 Å². The third kappa shape index (κ3) is 3.28. The number of thiophene rings is 1. The Morgan fingerprint density at radius 1 is 1.24 bits per heavy atom. The number of phenolic OH excluding ortho intramolecular Hbond substituents is 1. The fourth-order valence-corrected chi connectivity index (χ4v) is 3.68. The molecular formula is C20H19NO3S. The predicted molar refractivity (Wildman–Crippen MR) is 103 cm³/mol. The second kappa shape index (κ2) is 7.07. The van der Waals surface area contributed by atoms with E-state index in [1.807, 2.05) is 44.2 Å². The van der Waals surface area contributed by atoms with E-state index in [0.717, 1.165) is 21.2 Å². The first-order chi connectivity index (χ1) is 12.0. The molecule has 0 aliphatic carbocycles. The zero-order valence-electron chi connectivity index (χ0n) is 14.4. The zero-order valence-corrected chi connectivity index (χ0v) is 15.2. The number of carbonyl (C=O) groups is 1. The number of fused-ring (bicyclic) bond motifs is 1. The molecule has 0 spiro atoms. The summed E-state index contributed by atoms with van der Waals surface area (Å²) in [6.45, 7) is 5.95. The van der Waals surface area contributed by atoms with E-state index in [9.17, 15) is 9.90 Å². The largest absolute Gasteiger partial charge is 0.507 e. The summed E-state index contributed by atoms with van der Waals surface area (Å²) < 4.78 is 5.15. The number of aromatic hydroxyl groups is 1. The number of esters is 1. The van der Waals surface area contributed by atoms with Crippen LogP contribution in [0.3, 0.4) is 0 Å². The average Bonchev–Trinajstić information content (AvgIpc) is 2.88. The number of aliphatic imine (C=N–C) groups is 1. The summed E-state index contributed by atoms with van der Waals surface area (Å²) in [4.78, 5) is 17.8. The first-order valence-electron chi connectivity index (χ1n) is 8.04. The summed E-state index contributed by atoms with van der Waals surface area (Å²) in [5, 5.41) is 12.8. The summed E-state index contributed by atoms with van der Waals surface area (Å²) in [5.74, 6) is -0.205. The maximum atomic E-state index is 12.3. The van der Waals surface area contributed by atoms with Crippen LogP contribution in [0.2, 0.25) is 0 Å². The highest BCUT2D eigenvalue weighted by molar-refractivity contribution is 7.16. The van der Waals surface area contributed by atoms with Crippen LogP contribution in [-0.2, 0) is 4.74 Å². The predicted octanol–water partition coefficient (Wildman–Crippen LogP) is 5.15. The van der Waals surface area contributed by atoms with Crippen molar-refractivity contribution in [1.29, 1.82) is 0 Å². The Labute approximate surface area is 150 Å². The van der Waals surface area contributed by atoms with Crippen molar-refractivity contribution in [3.05, 3.63) is 58.0 Å². The molecule has 3 aromatic rings. The summed E-state index contributed by atoms with van der Waals surface area (Å²) in [7, 11) is 0. The van der Waals surface area contributed by atoms with E-state index < -0.39 is 0 Å². The maximum Gasteiger partial charge on any atom is 0.341 e. The minimum atomic E-state index is -0.362. The van der Waals surface area contributed by atoms with Gasteiger partial charge >= 0.3 is 5.97 Å². The standard InChI is InChI=1S/C20H19NO3S/c1-4-24-20(23)18-12(2)13(3)25-19(18)21-11-16-15-8-6-5-7-14(15)9-10-17(16)22/h5-11,22H,4H2,1-3H3. The number of rotatable bonds is 4. The molecule has 0 aliphatic heterocycles. The minimum absolute atomic E-state index is 0.158. The van der Waals surface area contributed by atoms with Gasteiger partial charge in [0.25, 0.3) is 0 Å². The summed E-state index contributed by atoms with van der Waals surface area (Å²) >= 11 is 1.45. The van der Waals surface area contributed by atoms with Crippen molar-refractivity contribution in [2.24, 2.45) is 4.99 Å². The second-order valence-electron chi connectivity index (χ2n) is 5.66. The van der Waals surface area contributed by atoms with Crippen LogP contribution in [0.25, 0.3) is 10.8 Å². The van der Waals surface area contributed by atoms with Gasteiger partial charge in [-0.3, -0.25) is 0 Å². The lowest BCUT2D eigenvalue weighted by Crippen LogP contribution is -2.05. The number of aryl methyl sites for hydroxylation is 1. The molecule has 1 aromatic heterocycles. The van der Waals surface area contributed by atoms with Crippen LogP contribution in [0.1, 0.15) is 33.3 Å². The molecular weight excluding hydrogens is 334 g/mol. The third-order valence-electron chi connectivity index (χ3n) is 4.10. The fraction of sp³-hybridized carbons (Fsp3) is 0.200. The highest BCUT2D eigenvalue weighted by Gasteiger charge is 2.20. The van der Waals surface area contributed by atoms with E-state index in [1.165, 1.54) is 11.3 Å². The molecule has 2 aromatic carbocycles. The van der Waals surface area contributed by atoms with Gasteiger partial charge in [0.15, 0.2) is 0 Å². The van der Waals surface area contributed by atoms with Crippen molar-refractivity contribution < 1.29 is 14.6 Å². The summed E-state index contributed by atoms with van der Waals surface area (Å²) in [6, 6.07) is 11.3. The van der Waals surface area contributed by atoms with Gasteiger partial charge in [-0.25, -0.2) is 9.79 Å². The van der Waals surface area contributed by atoms with Crippen LogP contribution in [0, 0.1) is 13.8 Å². The van der Waals surface area contributed by atoms with Gasteiger partial charge in [0.05, 0.1) is 12.2 Å². The Bertz CT molecular complexity index is 972. The number of hydrogen-bond donors (Lipinski definition) is 1. The van der Waals surface area contributed by atoms with Gasteiger partial charge in [0.1, 0.15) is 10.8 Å². The van der Waals surface area contributed by atoms with Crippen LogP contribution in [0.15, 0.2) is 41.4 Å². The fourth-order valence-electron chi connectivity index (χ4n) is 2.69. The molecule has 0 unspecified atom stereocenters. The number of nitrogens with zero attached hydrogens (tertiary/aromatic N) is 1. The average molecular weight is 353 g/mol. The zero-order chi connectivity index (χ0) is 18.0. The smallest absolute Gasteiger partial charge is 0.341 e. The molecule has 0 fully saturated rings. The molecule has 0 amide bonds. The normalized spacial score (nSPS) is 11.3. The Morgan fingerprint density at radius 2 is 2.00 bits per heavy atom. The van der Waals surface area contributed by atoms with E-state index in [-0.39, 0.29) is 11.7 Å². The van der Waals surface area contributed by atoms with E-state index >= 15 is 0 Å². The van der Waals surface area contributed by atoms with Crippen molar-refractivity contribution in [2.75, 3.05) is 6.61 Å². The van der Waals surface area contributed by atoms with Crippen molar-refractivity contribution in [2.45, 2.75) is 20.8 Å². The molecule has 3 rings (SSSR count). The van der Waals surface area contributed by atoms with Gasteiger partial charge in [-0.2, -0.15) is 0 Å². The molecule has 1 heterocycles. The minimum Gasteiger partial charge on any atom is -0.507 e. The van der Waals surface area contributed by atoms with E-state index in [4.69, 9.17) is 4.74 Å². The molecule has 0 aliphatic rings. The van der Waals surface area contributed by atoms with Crippen molar-refractivity contribution in [3.63, 3.8) is 0 Å². The molecule has 1 N–H and O–H groups in total. The first kappa shape index (κ1) is 17.2. The van der Waals surface area contributed by atoms with Crippen molar-refractivity contribution in [3.8, 4) is 5.75 Å². The van der Waals surface area contributed by atoms with E-state index in [1.54, 1.807) is 19.2 Å². The number of hydrogen-bond acceptors (Lipinski definition) is 5. The molecule has 25 heavy (non-hydrogen) atoms. The maximum absolute atomic E-state index is 12.3. The number of ether oxygens (including phenoxy) is 1. The monoisotopic (exact) mass is 353 g/mol. The molecule has 0 radical (unpaired) electrons. The Hall–Kier alpha value is -2.66. The van der Waals surface area contributed by atoms with Crippen LogP contribution < -0.4 is 0 Å². The molecule has 128 valence electrons. The van der Waals surface area contributed by atoms with Gasteiger partial charge < -0.3 is 9.84 Å². The van der Waals surface area contributed by atoms with E-state index in [2.05, 4.69) is 4.99 Å². The lowest BCUT2D eigenvalue weighted by molar-refractivity contribution is 0.0527. The lowest BCUT2D eigenvalue weighted by Gasteiger charge is -2.05. The van der Waals surface area contributed by atoms with E-state index in [0.29, 0.717) is 22.7 Å². The van der Waals surface area contributed by atoms with Gasteiger partial charge in [-0.05, 0) is 43.2 Å². The van der Waals surface area contributed by atoms with Crippen LogP contribution in [0.5, 0.6) is 5.75 Å². The summed E-state index contributed by atoms with van der Waals surface area (Å²) in [6.07, 6.45) is 1.62. The number of benzene rings is 2. The van der Waals surface area contributed by atoms with Crippen LogP contribution in [-0.4, -0.2) is 23.9 Å². The second-order valence-corrected chi connectivity index (χ2v) is 6.86. The lowest BCUT2D eigenvalue weighted by atomic mass is 10.0. The first-order valence-corrected chi connectivity index (χ1v) is 8.86. The number of phenols is 1. The number of carbonyl (C=O) groups excluding carboxylic acids is 1. The summed E-state index contributed by atoms with van der Waals surface area (Å²) in [5.41, 5.74) is 2.02. The molecule has 0 saturated carbocycles. The topological polar surface area (TPSA) is 58.9 Å². The molecule has 5 heteroatoms. The van der Waals surface area contributed by atoms with Crippen molar-refractivity contribution >= 4 is 39.3 Å². The van der Waals surface area contributed by atoms with Gasteiger partial charge in [0, 0.05) is 16.7 Å². The molecule has 0 bridgehead atoms. The Balaban J connectivity index is 2.08. The molecule has 0 atom stereocenters. The van der Waals surface area contributed by atoms with Crippen molar-refractivity contribution in [1.82, 2.24) is 0 Å². The van der Waals surface area contributed by atoms with Gasteiger partial charge in [-0.15, -0.1) is 11.3 Å². The Morgan fingerprint density at radius 3 is 2.76 bits per heavy atom. The molecule has 0 saturated heterocycles. The highest BCUT2D eigenvalue weighted by atomic mass is 32.1.